The molecule has 18 heavy (non-hydrogen) atoms. The van der Waals surface area contributed by atoms with E-state index in [4.69, 9.17) is 11.5 Å². The van der Waals surface area contributed by atoms with Crippen LogP contribution in [0.2, 0.25) is 0 Å². The summed E-state index contributed by atoms with van der Waals surface area (Å²) in [7, 11) is 0. The first-order valence-corrected chi connectivity index (χ1v) is 8.27. The lowest BCUT2D eigenvalue weighted by molar-refractivity contribution is -0.00190. The van der Waals surface area contributed by atoms with Gasteiger partial charge in [0.25, 0.3) is 0 Å². The zero-order valence-electron chi connectivity index (χ0n) is 11.2. The molecule has 2 nitrogen and oxygen atoms in total. The summed E-state index contributed by atoms with van der Waals surface area (Å²) >= 11 is 0. The second-order valence-corrected chi connectivity index (χ2v) is 8.13. The third kappa shape index (κ3) is 1.06. The monoisotopic (exact) mass is 246 g/mol. The van der Waals surface area contributed by atoms with Gasteiger partial charge in [-0.1, -0.05) is 0 Å². The standard InChI is InChI=1S/C16H26N2/c17-15-11-7-1-2-8(5-7)12(11)16(18)14-10-4-3-9(6-10)13(14)15/h7-16H,1-6,17-18H2. The van der Waals surface area contributed by atoms with E-state index in [1.165, 1.54) is 38.5 Å². The molecule has 100 valence electrons. The van der Waals surface area contributed by atoms with Gasteiger partial charge in [-0.05, 0) is 85.9 Å². The Bertz CT molecular complexity index is 313. The molecule has 0 heterocycles. The number of hydrogen-bond donors (Lipinski definition) is 2. The molecule has 0 aromatic heterocycles. The van der Waals surface area contributed by atoms with E-state index in [0.717, 1.165) is 47.3 Å². The number of hydrogen-bond acceptors (Lipinski definition) is 2. The van der Waals surface area contributed by atoms with Crippen LogP contribution in [0.1, 0.15) is 38.5 Å². The van der Waals surface area contributed by atoms with E-state index < -0.39 is 0 Å². The number of rotatable bonds is 0. The summed E-state index contributed by atoms with van der Waals surface area (Å²) in [5.74, 6) is 7.00. The quantitative estimate of drug-likeness (QED) is 0.686. The van der Waals surface area contributed by atoms with Gasteiger partial charge in [-0.2, -0.15) is 0 Å². The molecule has 4 bridgehead atoms. The van der Waals surface area contributed by atoms with Gasteiger partial charge < -0.3 is 11.5 Å². The Morgan fingerprint density at radius 1 is 0.500 bits per heavy atom. The number of nitrogens with two attached hydrogens (primary N) is 2. The fraction of sp³-hybridized carbons (Fsp3) is 1.00. The van der Waals surface area contributed by atoms with E-state index in [-0.39, 0.29) is 0 Å². The van der Waals surface area contributed by atoms with Gasteiger partial charge in [0.2, 0.25) is 0 Å². The largest absolute Gasteiger partial charge is 0.327 e. The van der Waals surface area contributed by atoms with Crippen LogP contribution in [0, 0.1) is 47.3 Å². The van der Waals surface area contributed by atoms with Crippen LogP contribution >= 0.6 is 0 Å². The van der Waals surface area contributed by atoms with E-state index in [1.807, 2.05) is 0 Å². The molecule has 2 heteroatoms. The van der Waals surface area contributed by atoms with Gasteiger partial charge in [0.1, 0.15) is 0 Å². The lowest BCUT2D eigenvalue weighted by atomic mass is 9.55. The van der Waals surface area contributed by atoms with Crippen LogP contribution < -0.4 is 11.5 Å². The van der Waals surface area contributed by atoms with E-state index in [0.29, 0.717) is 12.1 Å². The molecule has 0 aromatic carbocycles. The Hall–Kier alpha value is -0.0800. The molecule has 8 atom stereocenters. The molecule has 0 amide bonds. The third-order valence-corrected chi connectivity index (χ3v) is 7.87. The average Bonchev–Trinajstić information content (AvgIpc) is 3.10. The second kappa shape index (κ2) is 3.32. The zero-order valence-corrected chi connectivity index (χ0v) is 11.2. The van der Waals surface area contributed by atoms with Crippen LogP contribution in [-0.4, -0.2) is 12.1 Å². The molecule has 8 unspecified atom stereocenters. The van der Waals surface area contributed by atoms with Crippen molar-refractivity contribution in [3.05, 3.63) is 0 Å². The SMILES string of the molecule is NC1C2C3CCC(C3)C2C(N)C2C3CCC(C3)C12. The molecule has 5 aliphatic rings. The maximum absolute atomic E-state index is 6.78. The lowest BCUT2D eigenvalue weighted by Crippen LogP contribution is -2.61. The van der Waals surface area contributed by atoms with Crippen LogP contribution in [-0.2, 0) is 0 Å². The van der Waals surface area contributed by atoms with Gasteiger partial charge in [0, 0.05) is 12.1 Å². The molecule has 5 aliphatic carbocycles. The van der Waals surface area contributed by atoms with Crippen LogP contribution in [0.15, 0.2) is 0 Å². The van der Waals surface area contributed by atoms with Crippen molar-refractivity contribution in [2.45, 2.75) is 50.6 Å². The first-order chi connectivity index (χ1) is 8.75. The highest BCUT2D eigenvalue weighted by atomic mass is 14.9. The van der Waals surface area contributed by atoms with Crippen molar-refractivity contribution in [2.24, 2.45) is 58.8 Å². The molecule has 0 radical (unpaired) electrons. The molecule has 0 spiro atoms. The highest BCUT2D eigenvalue weighted by Gasteiger charge is 2.64. The van der Waals surface area contributed by atoms with Crippen LogP contribution in [0.25, 0.3) is 0 Å². The Balaban J connectivity index is 1.57. The molecule has 0 saturated heterocycles. The van der Waals surface area contributed by atoms with Gasteiger partial charge in [0.15, 0.2) is 0 Å². The van der Waals surface area contributed by atoms with E-state index in [2.05, 4.69) is 0 Å². The third-order valence-electron chi connectivity index (χ3n) is 7.87. The fourth-order valence-electron chi connectivity index (χ4n) is 7.56. The smallest absolute Gasteiger partial charge is 0.0108 e. The Morgan fingerprint density at radius 3 is 1.06 bits per heavy atom. The molecule has 0 aromatic rings. The van der Waals surface area contributed by atoms with Crippen molar-refractivity contribution in [1.29, 1.82) is 0 Å². The van der Waals surface area contributed by atoms with Gasteiger partial charge in [0.05, 0.1) is 0 Å². The summed E-state index contributed by atoms with van der Waals surface area (Å²) in [5.41, 5.74) is 13.6. The maximum atomic E-state index is 6.78. The predicted octanol–water partition coefficient (Wildman–Crippen LogP) is 1.98. The minimum absolute atomic E-state index is 0.505. The summed E-state index contributed by atoms with van der Waals surface area (Å²) < 4.78 is 0. The molecule has 0 aliphatic heterocycles. The van der Waals surface area contributed by atoms with Crippen LogP contribution in [0.4, 0.5) is 0 Å². The molecular weight excluding hydrogens is 220 g/mol. The maximum Gasteiger partial charge on any atom is 0.0108 e. The van der Waals surface area contributed by atoms with Crippen molar-refractivity contribution >= 4 is 0 Å². The topological polar surface area (TPSA) is 52.0 Å². The zero-order chi connectivity index (χ0) is 12.0. The predicted molar refractivity (Wildman–Crippen MR) is 71.6 cm³/mol. The molecule has 5 saturated carbocycles. The molecule has 5 rings (SSSR count). The summed E-state index contributed by atoms with van der Waals surface area (Å²) in [5, 5.41) is 0. The molecule has 5 fully saturated rings. The Morgan fingerprint density at radius 2 is 0.778 bits per heavy atom. The first kappa shape index (κ1) is 10.7. The van der Waals surface area contributed by atoms with Gasteiger partial charge in [-0.15, -0.1) is 0 Å². The van der Waals surface area contributed by atoms with Crippen molar-refractivity contribution < 1.29 is 0 Å². The highest BCUT2D eigenvalue weighted by Crippen LogP contribution is 2.65. The first-order valence-electron chi connectivity index (χ1n) is 8.27. The highest BCUT2D eigenvalue weighted by molar-refractivity contribution is 5.16. The van der Waals surface area contributed by atoms with Crippen molar-refractivity contribution in [2.75, 3.05) is 0 Å². The summed E-state index contributed by atoms with van der Waals surface area (Å²) in [4.78, 5) is 0. The van der Waals surface area contributed by atoms with E-state index in [1.54, 1.807) is 0 Å². The minimum atomic E-state index is 0.505. The summed E-state index contributed by atoms with van der Waals surface area (Å²) in [6.07, 6.45) is 8.75. The van der Waals surface area contributed by atoms with Crippen molar-refractivity contribution in [3.63, 3.8) is 0 Å². The van der Waals surface area contributed by atoms with E-state index in [9.17, 15) is 0 Å². The van der Waals surface area contributed by atoms with Gasteiger partial charge >= 0.3 is 0 Å². The van der Waals surface area contributed by atoms with Crippen LogP contribution in [0.3, 0.4) is 0 Å². The van der Waals surface area contributed by atoms with E-state index >= 15 is 0 Å². The normalized spacial score (nSPS) is 68.3. The lowest BCUT2D eigenvalue weighted by Gasteiger charge is -2.53. The fourth-order valence-corrected chi connectivity index (χ4v) is 7.56. The van der Waals surface area contributed by atoms with Crippen LogP contribution in [0.5, 0.6) is 0 Å². The molecular formula is C16H26N2. The second-order valence-electron chi connectivity index (χ2n) is 8.13. The Kier molecular flexibility index (Phi) is 1.97. The Labute approximate surface area is 110 Å². The molecule has 4 N–H and O–H groups in total. The number of fused-ring (bicyclic) bond motifs is 10. The van der Waals surface area contributed by atoms with Crippen molar-refractivity contribution in [3.8, 4) is 0 Å². The summed E-state index contributed by atoms with van der Waals surface area (Å²) in [6, 6.07) is 1.01. The van der Waals surface area contributed by atoms with Gasteiger partial charge in [-0.3, -0.25) is 0 Å². The van der Waals surface area contributed by atoms with Gasteiger partial charge in [-0.25, -0.2) is 0 Å². The summed E-state index contributed by atoms with van der Waals surface area (Å²) in [6.45, 7) is 0. The van der Waals surface area contributed by atoms with Crippen molar-refractivity contribution in [1.82, 2.24) is 0 Å². The average molecular weight is 246 g/mol. The minimum Gasteiger partial charge on any atom is -0.327 e.